The van der Waals surface area contributed by atoms with Crippen molar-refractivity contribution in [2.24, 2.45) is 0 Å². The predicted octanol–water partition coefficient (Wildman–Crippen LogP) is 6.48. The van der Waals surface area contributed by atoms with Gasteiger partial charge in [-0.05, 0) is 42.5 Å². The van der Waals surface area contributed by atoms with Crippen LogP contribution < -0.4 is 5.73 Å². The Bertz CT molecular complexity index is 590. The summed E-state index contributed by atoms with van der Waals surface area (Å²) >= 11 is 0. The average Bonchev–Trinajstić information content (AvgIpc) is 2.68. The number of carbonyl (C=O) groups excluding carboxylic acids is 1. The Balaban J connectivity index is 0.00000134. The van der Waals surface area contributed by atoms with Crippen LogP contribution in [0.2, 0.25) is 0 Å². The topological polar surface area (TPSA) is 43.1 Å². The van der Waals surface area contributed by atoms with Gasteiger partial charge >= 0.3 is 0 Å². The van der Waals surface area contributed by atoms with Crippen molar-refractivity contribution in [2.75, 3.05) is 5.73 Å². The minimum atomic E-state index is 0.156. The lowest BCUT2D eigenvalue weighted by Crippen LogP contribution is -2.04. The minimum Gasteiger partial charge on any atom is -0.398 e. The molecule has 2 heteroatoms. The van der Waals surface area contributed by atoms with E-state index in [4.69, 9.17) is 5.73 Å². The lowest BCUT2D eigenvalue weighted by molar-refractivity contribution is 0.0980. The molecule has 0 spiro atoms. The molecule has 2 rings (SSSR count). The molecule has 0 aromatic heterocycles. The summed E-state index contributed by atoms with van der Waals surface area (Å²) in [7, 11) is 0. The highest BCUT2D eigenvalue weighted by atomic mass is 16.1. The van der Waals surface area contributed by atoms with Crippen molar-refractivity contribution < 1.29 is 4.79 Å². The summed E-state index contributed by atoms with van der Waals surface area (Å²) < 4.78 is 0. The van der Waals surface area contributed by atoms with Gasteiger partial charge in [0.25, 0.3) is 0 Å². The molecular formula is C23H35NO. The third-order valence-corrected chi connectivity index (χ3v) is 3.72. The predicted molar refractivity (Wildman–Crippen MR) is 111 cm³/mol. The molecule has 0 saturated carbocycles. The van der Waals surface area contributed by atoms with Gasteiger partial charge in [-0.15, -0.1) is 0 Å². The van der Waals surface area contributed by atoms with E-state index in [2.05, 4.69) is 31.2 Å². The maximum absolute atomic E-state index is 12.0. The molecule has 0 bridgehead atoms. The Hall–Kier alpha value is -2.09. The second kappa shape index (κ2) is 14.3. The largest absolute Gasteiger partial charge is 0.398 e. The second-order valence-corrected chi connectivity index (χ2v) is 5.43. The maximum atomic E-state index is 12.0. The molecule has 0 saturated heterocycles. The van der Waals surface area contributed by atoms with E-state index in [1.807, 2.05) is 52.0 Å². The zero-order valence-electron chi connectivity index (χ0n) is 16.6. The Labute approximate surface area is 154 Å². The molecule has 0 heterocycles. The van der Waals surface area contributed by atoms with E-state index in [-0.39, 0.29) is 5.78 Å². The molecule has 2 N–H and O–H groups in total. The quantitative estimate of drug-likeness (QED) is 0.462. The molecule has 0 aliphatic heterocycles. The van der Waals surface area contributed by atoms with Crippen LogP contribution in [0.15, 0.2) is 48.5 Å². The highest BCUT2D eigenvalue weighted by Crippen LogP contribution is 2.18. The van der Waals surface area contributed by atoms with E-state index < -0.39 is 0 Å². The van der Waals surface area contributed by atoms with Gasteiger partial charge in [0, 0.05) is 17.7 Å². The SMILES string of the molecule is CC.CC.CCCCC(=O)c1ccc(CCc2ccccc2)cc1N. The summed E-state index contributed by atoms with van der Waals surface area (Å²) in [6.07, 6.45) is 4.47. The smallest absolute Gasteiger partial charge is 0.164 e. The maximum Gasteiger partial charge on any atom is 0.164 e. The molecule has 138 valence electrons. The Morgan fingerprint density at radius 1 is 0.880 bits per heavy atom. The molecule has 2 aromatic rings. The number of benzene rings is 2. The number of hydrogen-bond acceptors (Lipinski definition) is 2. The van der Waals surface area contributed by atoms with E-state index in [0.717, 1.165) is 25.7 Å². The zero-order valence-corrected chi connectivity index (χ0v) is 16.6. The number of rotatable bonds is 7. The van der Waals surface area contributed by atoms with Crippen LogP contribution in [0, 0.1) is 0 Å². The van der Waals surface area contributed by atoms with Crippen LogP contribution in [0.3, 0.4) is 0 Å². The molecule has 2 nitrogen and oxygen atoms in total. The van der Waals surface area contributed by atoms with Crippen molar-refractivity contribution >= 4 is 11.5 Å². The Morgan fingerprint density at radius 3 is 2.04 bits per heavy atom. The lowest BCUT2D eigenvalue weighted by Gasteiger charge is -2.08. The van der Waals surface area contributed by atoms with E-state index in [0.29, 0.717) is 17.7 Å². The number of hydrogen-bond donors (Lipinski definition) is 1. The molecule has 0 atom stereocenters. The molecule has 0 amide bonds. The number of Topliss-reactive ketones (excluding diaryl/α,β-unsaturated/α-hetero) is 1. The summed E-state index contributed by atoms with van der Waals surface area (Å²) in [4.78, 5) is 12.0. The van der Waals surface area contributed by atoms with Crippen LogP contribution in [-0.2, 0) is 12.8 Å². The van der Waals surface area contributed by atoms with Crippen molar-refractivity contribution in [1.29, 1.82) is 0 Å². The number of anilines is 1. The standard InChI is InChI=1S/C19H23NO.2C2H6/c1-2-3-9-19(21)17-13-12-16(14-18(17)20)11-10-15-7-5-4-6-8-15;2*1-2/h4-8,12-14H,2-3,9-11,20H2,1H3;2*1-2H3. The van der Waals surface area contributed by atoms with Gasteiger partial charge in [0.2, 0.25) is 0 Å². The summed E-state index contributed by atoms with van der Waals surface area (Å²) in [5.41, 5.74) is 9.83. The first kappa shape index (κ1) is 22.9. The molecule has 0 radical (unpaired) electrons. The molecule has 0 aliphatic carbocycles. The second-order valence-electron chi connectivity index (χ2n) is 5.43. The molecule has 25 heavy (non-hydrogen) atoms. The summed E-state index contributed by atoms with van der Waals surface area (Å²) in [6.45, 7) is 10.1. The zero-order chi connectivity index (χ0) is 19.1. The van der Waals surface area contributed by atoms with Crippen molar-refractivity contribution in [3.05, 3.63) is 65.2 Å². The summed E-state index contributed by atoms with van der Waals surface area (Å²) in [5.74, 6) is 0.156. The van der Waals surface area contributed by atoms with Gasteiger partial charge in [-0.2, -0.15) is 0 Å². The molecule has 2 aromatic carbocycles. The molecular weight excluding hydrogens is 306 g/mol. The number of unbranched alkanes of at least 4 members (excludes halogenated alkanes) is 1. The van der Waals surface area contributed by atoms with Gasteiger partial charge in [-0.3, -0.25) is 4.79 Å². The van der Waals surface area contributed by atoms with Crippen molar-refractivity contribution in [2.45, 2.75) is 66.7 Å². The number of nitrogen functional groups attached to an aromatic ring is 1. The Kier molecular flexibility index (Phi) is 13.1. The van der Waals surface area contributed by atoms with Crippen LogP contribution in [0.25, 0.3) is 0 Å². The molecule has 0 aliphatic rings. The Morgan fingerprint density at radius 2 is 1.48 bits per heavy atom. The molecule has 0 fully saturated rings. The fourth-order valence-electron chi connectivity index (χ4n) is 2.43. The normalized spacial score (nSPS) is 9.32. The van der Waals surface area contributed by atoms with Gasteiger partial charge in [-0.25, -0.2) is 0 Å². The third-order valence-electron chi connectivity index (χ3n) is 3.72. The van der Waals surface area contributed by atoms with Crippen molar-refractivity contribution in [3.8, 4) is 0 Å². The number of nitrogens with two attached hydrogens (primary N) is 1. The van der Waals surface area contributed by atoms with Crippen LogP contribution in [0.5, 0.6) is 0 Å². The van der Waals surface area contributed by atoms with Gasteiger partial charge in [0.05, 0.1) is 0 Å². The first-order valence-electron chi connectivity index (χ1n) is 9.66. The van der Waals surface area contributed by atoms with Gasteiger partial charge in [-0.1, -0.05) is 77.4 Å². The van der Waals surface area contributed by atoms with Crippen molar-refractivity contribution in [1.82, 2.24) is 0 Å². The van der Waals surface area contributed by atoms with E-state index in [9.17, 15) is 4.79 Å². The monoisotopic (exact) mass is 341 g/mol. The lowest BCUT2D eigenvalue weighted by atomic mass is 9.99. The minimum absolute atomic E-state index is 0.156. The van der Waals surface area contributed by atoms with Crippen LogP contribution in [-0.4, -0.2) is 5.78 Å². The van der Waals surface area contributed by atoms with E-state index in [1.54, 1.807) is 0 Å². The van der Waals surface area contributed by atoms with Crippen LogP contribution in [0.4, 0.5) is 5.69 Å². The number of ketones is 1. The fraction of sp³-hybridized carbons (Fsp3) is 0.435. The molecule has 0 unspecified atom stereocenters. The van der Waals surface area contributed by atoms with E-state index >= 15 is 0 Å². The first-order chi connectivity index (χ1) is 12.2. The van der Waals surface area contributed by atoms with Crippen molar-refractivity contribution in [3.63, 3.8) is 0 Å². The van der Waals surface area contributed by atoms with E-state index in [1.165, 1.54) is 11.1 Å². The summed E-state index contributed by atoms with van der Waals surface area (Å²) in [5, 5.41) is 0. The first-order valence-corrected chi connectivity index (χ1v) is 9.66. The number of aryl methyl sites for hydroxylation is 2. The summed E-state index contributed by atoms with van der Waals surface area (Å²) in [6, 6.07) is 16.3. The third kappa shape index (κ3) is 8.53. The van der Waals surface area contributed by atoms with Gasteiger partial charge < -0.3 is 5.73 Å². The van der Waals surface area contributed by atoms with Crippen LogP contribution in [0.1, 0.15) is 75.4 Å². The van der Waals surface area contributed by atoms with Gasteiger partial charge in [0.15, 0.2) is 5.78 Å². The van der Waals surface area contributed by atoms with Crippen LogP contribution >= 0.6 is 0 Å². The highest BCUT2D eigenvalue weighted by molar-refractivity contribution is 6.00. The van der Waals surface area contributed by atoms with Gasteiger partial charge in [0.1, 0.15) is 0 Å². The average molecular weight is 342 g/mol. The highest BCUT2D eigenvalue weighted by Gasteiger charge is 2.09. The fourth-order valence-corrected chi connectivity index (χ4v) is 2.43. The number of carbonyl (C=O) groups is 1.